The summed E-state index contributed by atoms with van der Waals surface area (Å²) in [4.78, 5) is 10.4. The minimum Gasteiger partial charge on any atom is -0.456 e. The van der Waals surface area contributed by atoms with Gasteiger partial charge in [-0.15, -0.1) is 0 Å². The fraction of sp³-hybridized carbons (Fsp3) is 0. The van der Waals surface area contributed by atoms with Gasteiger partial charge in [-0.1, -0.05) is 140 Å². The average molecular weight is 691 g/mol. The van der Waals surface area contributed by atoms with Crippen molar-refractivity contribution in [3.8, 4) is 56.2 Å². The zero-order valence-corrected chi connectivity index (χ0v) is 29.0. The van der Waals surface area contributed by atoms with Gasteiger partial charge in [0.15, 0.2) is 5.82 Å². The molecule has 0 radical (unpaired) electrons. The Morgan fingerprint density at radius 1 is 0.296 bits per heavy atom. The van der Waals surface area contributed by atoms with E-state index in [1.165, 1.54) is 0 Å². The summed E-state index contributed by atoms with van der Waals surface area (Å²) in [6.45, 7) is 0. The molecule has 0 amide bonds. The SMILES string of the molecule is c1ccc(-c2cc(-c3ccc4oc5ccccc5c4c3)nc(-c3cccc(-c4cc5c6cccc(-c7ccccc7)c6oc5c5ccccc45)c3)n2)cc1. The molecule has 0 aliphatic heterocycles. The lowest BCUT2D eigenvalue weighted by Crippen LogP contribution is -1.96. The van der Waals surface area contributed by atoms with Crippen molar-refractivity contribution in [2.45, 2.75) is 0 Å². The molecule has 0 aliphatic rings. The summed E-state index contributed by atoms with van der Waals surface area (Å²) in [7, 11) is 0. The molecular weight excluding hydrogens is 661 g/mol. The molecule has 0 unspecified atom stereocenters. The molecule has 11 aromatic rings. The second kappa shape index (κ2) is 12.1. The number of nitrogens with zero attached hydrogens (tertiary/aromatic N) is 2. The smallest absolute Gasteiger partial charge is 0.160 e. The normalized spacial score (nSPS) is 11.7. The van der Waals surface area contributed by atoms with E-state index >= 15 is 0 Å². The van der Waals surface area contributed by atoms with Gasteiger partial charge in [-0.2, -0.15) is 0 Å². The molecule has 4 nitrogen and oxygen atoms in total. The van der Waals surface area contributed by atoms with Crippen LogP contribution in [0, 0.1) is 0 Å². The van der Waals surface area contributed by atoms with Crippen LogP contribution < -0.4 is 0 Å². The maximum Gasteiger partial charge on any atom is 0.160 e. The Bertz CT molecular complexity index is 3210. The van der Waals surface area contributed by atoms with Gasteiger partial charge in [0.2, 0.25) is 0 Å². The largest absolute Gasteiger partial charge is 0.456 e. The molecule has 0 saturated heterocycles. The maximum absolute atomic E-state index is 6.76. The molecule has 3 aromatic heterocycles. The van der Waals surface area contributed by atoms with Crippen LogP contribution in [0.5, 0.6) is 0 Å². The Labute approximate surface area is 310 Å². The van der Waals surface area contributed by atoms with Crippen LogP contribution in [0.1, 0.15) is 0 Å². The fourth-order valence-corrected chi connectivity index (χ4v) is 7.90. The van der Waals surface area contributed by atoms with Crippen LogP contribution in [0.25, 0.3) is 111 Å². The third-order valence-electron chi connectivity index (χ3n) is 10.5. The van der Waals surface area contributed by atoms with Crippen molar-refractivity contribution in [2.75, 3.05) is 0 Å². The second-order valence-electron chi connectivity index (χ2n) is 13.7. The topological polar surface area (TPSA) is 52.1 Å². The number of hydrogen-bond acceptors (Lipinski definition) is 4. The van der Waals surface area contributed by atoms with Gasteiger partial charge < -0.3 is 8.83 Å². The summed E-state index contributed by atoms with van der Waals surface area (Å²) in [6, 6.07) is 63.1. The maximum atomic E-state index is 6.76. The monoisotopic (exact) mass is 690 g/mol. The van der Waals surface area contributed by atoms with Gasteiger partial charge in [0.25, 0.3) is 0 Å². The van der Waals surface area contributed by atoms with Gasteiger partial charge in [0, 0.05) is 49.2 Å². The molecule has 0 atom stereocenters. The zero-order valence-electron chi connectivity index (χ0n) is 29.0. The molecule has 0 bridgehead atoms. The number of aromatic nitrogens is 2. The second-order valence-corrected chi connectivity index (χ2v) is 13.7. The molecular formula is C50H30N2O2. The highest BCUT2D eigenvalue weighted by Crippen LogP contribution is 2.43. The van der Waals surface area contributed by atoms with Crippen LogP contribution in [0.3, 0.4) is 0 Å². The summed E-state index contributed by atoms with van der Waals surface area (Å²) in [5, 5.41) is 6.55. The van der Waals surface area contributed by atoms with Gasteiger partial charge in [-0.05, 0) is 64.5 Å². The first-order chi connectivity index (χ1) is 26.7. The van der Waals surface area contributed by atoms with Gasteiger partial charge >= 0.3 is 0 Å². The predicted molar refractivity (Wildman–Crippen MR) is 221 cm³/mol. The van der Waals surface area contributed by atoms with Crippen molar-refractivity contribution < 1.29 is 8.83 Å². The Morgan fingerprint density at radius 2 is 0.907 bits per heavy atom. The lowest BCUT2D eigenvalue weighted by molar-refractivity contribution is 0.669. The van der Waals surface area contributed by atoms with E-state index in [2.05, 4.69) is 133 Å². The standard InChI is InChI=1S/C50H30N2O2/c1-3-13-31(14-4-1)36-22-12-23-40-43-29-41(37-19-7-8-21-39(37)49(43)54-48(36)40)33-17-11-18-35(27-33)50-51-44(32-15-5-2-6-16-32)30-45(52-50)34-25-26-47-42(28-34)38-20-9-10-24-46(38)53-47/h1-30H. The van der Waals surface area contributed by atoms with E-state index in [1.54, 1.807) is 0 Å². The number of benzene rings is 8. The lowest BCUT2D eigenvalue weighted by Gasteiger charge is -2.12. The van der Waals surface area contributed by atoms with Crippen LogP contribution >= 0.6 is 0 Å². The lowest BCUT2D eigenvalue weighted by atomic mass is 9.94. The quantitative estimate of drug-likeness (QED) is 0.180. The van der Waals surface area contributed by atoms with Crippen LogP contribution in [0.4, 0.5) is 0 Å². The molecule has 0 saturated carbocycles. The van der Waals surface area contributed by atoms with Crippen LogP contribution in [-0.2, 0) is 0 Å². The summed E-state index contributed by atoms with van der Waals surface area (Å²) in [5.41, 5.74) is 12.7. The Morgan fingerprint density at radius 3 is 1.74 bits per heavy atom. The highest BCUT2D eigenvalue weighted by atomic mass is 16.3. The summed E-state index contributed by atoms with van der Waals surface area (Å²) >= 11 is 0. The van der Waals surface area contributed by atoms with Crippen molar-refractivity contribution in [1.29, 1.82) is 0 Å². The van der Waals surface area contributed by atoms with E-state index in [4.69, 9.17) is 18.8 Å². The van der Waals surface area contributed by atoms with Crippen LogP contribution in [-0.4, -0.2) is 9.97 Å². The third kappa shape index (κ3) is 4.92. The molecule has 8 aromatic carbocycles. The van der Waals surface area contributed by atoms with Crippen molar-refractivity contribution >= 4 is 54.6 Å². The number of fused-ring (bicyclic) bond motifs is 8. The van der Waals surface area contributed by atoms with E-state index in [1.807, 2.05) is 48.5 Å². The van der Waals surface area contributed by atoms with E-state index in [0.29, 0.717) is 5.82 Å². The number of para-hydroxylation sites is 2. The molecule has 11 rings (SSSR count). The predicted octanol–water partition coefficient (Wildman–Crippen LogP) is 13.8. The Balaban J connectivity index is 1.09. The van der Waals surface area contributed by atoms with Crippen molar-refractivity contribution in [1.82, 2.24) is 9.97 Å². The highest BCUT2D eigenvalue weighted by Gasteiger charge is 2.19. The van der Waals surface area contributed by atoms with Gasteiger partial charge in [-0.25, -0.2) is 9.97 Å². The number of hydrogen-bond donors (Lipinski definition) is 0. The summed E-state index contributed by atoms with van der Waals surface area (Å²) < 4.78 is 12.9. The van der Waals surface area contributed by atoms with Gasteiger partial charge in [0.1, 0.15) is 22.3 Å². The first-order valence-corrected chi connectivity index (χ1v) is 18.1. The van der Waals surface area contributed by atoms with E-state index < -0.39 is 0 Å². The van der Waals surface area contributed by atoms with Gasteiger partial charge in [-0.3, -0.25) is 0 Å². The molecule has 54 heavy (non-hydrogen) atoms. The summed E-state index contributed by atoms with van der Waals surface area (Å²) in [6.07, 6.45) is 0. The molecule has 0 aliphatic carbocycles. The van der Waals surface area contributed by atoms with Crippen molar-refractivity contribution in [3.05, 3.63) is 182 Å². The fourth-order valence-electron chi connectivity index (χ4n) is 7.90. The van der Waals surface area contributed by atoms with E-state index in [9.17, 15) is 0 Å². The molecule has 3 heterocycles. The minimum absolute atomic E-state index is 0.664. The molecule has 252 valence electrons. The highest BCUT2D eigenvalue weighted by molar-refractivity contribution is 6.20. The first-order valence-electron chi connectivity index (χ1n) is 18.1. The Kier molecular flexibility index (Phi) is 6.82. The van der Waals surface area contributed by atoms with Crippen molar-refractivity contribution in [3.63, 3.8) is 0 Å². The average Bonchev–Trinajstić information content (AvgIpc) is 3.82. The zero-order chi connectivity index (χ0) is 35.6. The number of rotatable bonds is 5. The first kappa shape index (κ1) is 30.3. The third-order valence-corrected chi connectivity index (χ3v) is 10.5. The number of furan rings is 2. The Hall–Kier alpha value is -7.30. The van der Waals surface area contributed by atoms with Crippen molar-refractivity contribution in [2.24, 2.45) is 0 Å². The van der Waals surface area contributed by atoms with E-state index in [0.717, 1.165) is 105 Å². The van der Waals surface area contributed by atoms with Gasteiger partial charge in [0.05, 0.1) is 11.4 Å². The van der Waals surface area contributed by atoms with Crippen LogP contribution in [0.15, 0.2) is 191 Å². The minimum atomic E-state index is 0.664. The molecule has 4 heteroatoms. The molecule has 0 N–H and O–H groups in total. The molecule has 0 fully saturated rings. The van der Waals surface area contributed by atoms with Crippen LogP contribution in [0.2, 0.25) is 0 Å². The summed E-state index contributed by atoms with van der Waals surface area (Å²) in [5.74, 6) is 0.664. The van der Waals surface area contributed by atoms with E-state index in [-0.39, 0.29) is 0 Å². The molecule has 0 spiro atoms.